The third-order valence-electron chi connectivity index (χ3n) is 16.6. The molecule has 9 atom stereocenters. The van der Waals surface area contributed by atoms with Gasteiger partial charge in [-0.1, -0.05) is 132 Å². The van der Waals surface area contributed by atoms with Crippen LogP contribution in [0, 0.1) is 41.4 Å². The van der Waals surface area contributed by atoms with E-state index in [1.807, 2.05) is 27.7 Å². The second-order valence-electron chi connectivity index (χ2n) is 25.6. The molecule has 6 amide bonds. The molecule has 1 saturated heterocycles. The molecule has 0 bridgehead atoms. The topological polar surface area (TPSA) is 394 Å². The first-order valence-electron chi connectivity index (χ1n) is 33.1. The molecule has 88 heavy (non-hydrogen) atoms. The molecule has 1 rings (SSSR count). The number of nitrogens with two attached hydrogens (primary N) is 5. The number of carbonyl (C=O) groups excluding carboxylic acids is 11. The van der Waals surface area contributed by atoms with Crippen LogP contribution < -0.4 is 49.9 Å². The van der Waals surface area contributed by atoms with E-state index in [0.29, 0.717) is 44.9 Å². The molecular formula is C65H116N12O11. The first-order chi connectivity index (χ1) is 41.5. The monoisotopic (exact) mass is 1240 g/mol. The van der Waals surface area contributed by atoms with E-state index in [1.165, 1.54) is 76.5 Å². The van der Waals surface area contributed by atoms with Gasteiger partial charge in [-0.25, -0.2) is 0 Å². The minimum absolute atomic E-state index is 0.0851. The minimum Gasteiger partial charge on any atom is -0.370 e. The molecule has 0 saturated carbocycles. The van der Waals surface area contributed by atoms with Crippen LogP contribution in [0.2, 0.25) is 0 Å². The lowest BCUT2D eigenvalue weighted by Gasteiger charge is -2.30. The summed E-state index contributed by atoms with van der Waals surface area (Å²) >= 11 is 0. The lowest BCUT2D eigenvalue weighted by Crippen LogP contribution is -2.49. The normalized spacial score (nSPS) is 15.9. The predicted octanol–water partition coefficient (Wildman–Crippen LogP) is 6.06. The molecule has 0 aromatic carbocycles. The molecule has 1 heterocycles. The highest BCUT2D eigenvalue weighted by Gasteiger charge is 2.41. The maximum Gasteiger partial charge on any atom is 0.226 e. The molecule has 502 valence electrons. The number of rotatable bonds is 50. The van der Waals surface area contributed by atoms with Gasteiger partial charge in [0.15, 0.2) is 40.8 Å². The van der Waals surface area contributed by atoms with E-state index in [1.54, 1.807) is 20.8 Å². The number of nitrogens with one attached hydrogen (secondary N) is 4. The van der Waals surface area contributed by atoms with Gasteiger partial charge in [0.2, 0.25) is 35.4 Å². The largest absolute Gasteiger partial charge is 0.370 e. The Hall–Kier alpha value is -6.29. The summed E-state index contributed by atoms with van der Waals surface area (Å²) in [6.45, 7) is 18.4. The Morgan fingerprint density at radius 1 is 0.500 bits per heavy atom. The highest BCUT2D eigenvalue weighted by molar-refractivity contribution is 5.99. The van der Waals surface area contributed by atoms with E-state index in [4.69, 9.17) is 28.7 Å². The minimum atomic E-state index is -1.34. The zero-order valence-corrected chi connectivity index (χ0v) is 55.4. The van der Waals surface area contributed by atoms with E-state index in [-0.39, 0.29) is 105 Å². The van der Waals surface area contributed by atoms with Crippen LogP contribution >= 0.6 is 0 Å². The third-order valence-corrected chi connectivity index (χ3v) is 16.6. The van der Waals surface area contributed by atoms with E-state index in [0.717, 1.165) is 19.3 Å². The number of carbonyl (C=O) groups is 11. The van der Waals surface area contributed by atoms with Gasteiger partial charge in [-0.15, -0.1) is 0 Å². The van der Waals surface area contributed by atoms with E-state index in [9.17, 15) is 52.7 Å². The third kappa shape index (κ3) is 32.8. The number of aliphatic imine (C=N–C) groups is 2. The summed E-state index contributed by atoms with van der Waals surface area (Å²) in [5, 5.41) is 11.0. The lowest BCUT2D eigenvalue weighted by molar-refractivity contribution is -0.144. The van der Waals surface area contributed by atoms with E-state index < -0.39 is 114 Å². The molecule has 14 N–H and O–H groups in total. The van der Waals surface area contributed by atoms with E-state index in [2.05, 4.69) is 38.2 Å². The second kappa shape index (κ2) is 44.2. The van der Waals surface area contributed by atoms with Crippen LogP contribution in [0.4, 0.5) is 0 Å². The van der Waals surface area contributed by atoms with Gasteiger partial charge in [0, 0.05) is 82.3 Å². The van der Waals surface area contributed by atoms with Crippen molar-refractivity contribution in [1.82, 2.24) is 26.2 Å². The van der Waals surface area contributed by atoms with Crippen LogP contribution in [0.15, 0.2) is 9.98 Å². The fraction of sp³-hybridized carbons (Fsp3) is 0.800. The Balaban J connectivity index is 3.12. The molecule has 0 unspecified atom stereocenters. The van der Waals surface area contributed by atoms with Crippen LogP contribution in [0.25, 0.3) is 0 Å². The maximum atomic E-state index is 14.6. The number of hydrogen-bond donors (Lipinski definition) is 9. The summed E-state index contributed by atoms with van der Waals surface area (Å²) in [7, 11) is 0. The number of Topliss-reactive ketones (excluding diaryl/α,β-unsaturated/α-hetero) is 5. The number of amides is 6. The summed E-state index contributed by atoms with van der Waals surface area (Å²) in [5.74, 6) is -10.4. The van der Waals surface area contributed by atoms with Crippen molar-refractivity contribution in [3.8, 4) is 0 Å². The molecule has 1 aliphatic rings. The standard InChI is InChI=1S/C65H116N12O11/c1-11-13-14-15-16-17-18-19-20-21-22-23-24-31-58(84)76-59(43(7)8)56(82)37-47(29-26-33-72-65(69)70)63(88)77-34-27-30-51(77)55(81)40-49(42(5)6)62(87)74-45(10)54(80)38-48(39-57(66)83)61(86)73-44(9)53(79)36-46(28-25-32-71-64(67)68)60(85)75-50(35-41(3)4)52(78)12-2/h41-51,59H,11-40H2,1-10H3,(H2,66,83)(H,73,86)(H,74,87)(H,75,85)(H,76,84)(H4,67,68,71)(H4,69,70,72)/t44-,45-,46+,47+,48-,49-,50-,51-,59-/m0/s1. The van der Waals surface area contributed by atoms with Crippen molar-refractivity contribution in [2.75, 3.05) is 19.6 Å². The molecule has 0 spiro atoms. The number of hydrogen-bond acceptors (Lipinski definition) is 13. The number of unbranched alkanes of at least 4 members (excludes halogenated alkanes) is 12. The average Bonchev–Trinajstić information content (AvgIpc) is 3.27. The Labute approximate surface area is 525 Å². The number of primary amides is 1. The summed E-state index contributed by atoms with van der Waals surface area (Å²) in [6.07, 6.45) is 16.2. The number of guanidine groups is 2. The number of nitrogens with zero attached hydrogens (tertiary/aromatic N) is 3. The Kier molecular flexibility index (Phi) is 40.0. The predicted molar refractivity (Wildman–Crippen MR) is 345 cm³/mol. The zero-order valence-electron chi connectivity index (χ0n) is 55.4. The van der Waals surface area contributed by atoms with Gasteiger partial charge in [0.1, 0.15) is 0 Å². The smallest absolute Gasteiger partial charge is 0.226 e. The van der Waals surface area contributed by atoms with Crippen molar-refractivity contribution in [3.05, 3.63) is 0 Å². The van der Waals surface area contributed by atoms with Crippen molar-refractivity contribution in [2.45, 2.75) is 273 Å². The van der Waals surface area contributed by atoms with Crippen molar-refractivity contribution in [2.24, 2.45) is 80.1 Å². The second-order valence-corrected chi connectivity index (χ2v) is 25.6. The van der Waals surface area contributed by atoms with Gasteiger partial charge in [-0.05, 0) is 83.0 Å². The average molecular weight is 1240 g/mol. The SMILES string of the molecule is CCCCCCCCCCCCCCCC(=O)N[C@H](C(=O)C[C@@H](CCCN=C(N)N)C(=O)N1CCC[C@H]1C(=O)C[C@H](C(=O)N[C@@H](C)C(=O)C[C@@H](CC(N)=O)C(=O)N[C@@H](C)C(=O)C[C@@H](CCCN=C(N)N)C(=O)N[C@@H](CC(C)C)C(=O)CC)C(C)C)C(C)C. The molecule has 0 radical (unpaired) electrons. The summed E-state index contributed by atoms with van der Waals surface area (Å²) in [6, 6.07) is -4.88. The molecule has 1 aliphatic heterocycles. The molecule has 0 aromatic rings. The van der Waals surface area contributed by atoms with Crippen molar-refractivity contribution < 1.29 is 52.7 Å². The number of ketones is 5. The molecule has 1 fully saturated rings. The first kappa shape index (κ1) is 79.7. The van der Waals surface area contributed by atoms with Crippen LogP contribution in [0.1, 0.15) is 243 Å². The number of likely N-dealkylation sites (tertiary alicyclic amines) is 1. The lowest BCUT2D eigenvalue weighted by atomic mass is 9.86. The molecule has 23 heteroatoms. The van der Waals surface area contributed by atoms with Crippen LogP contribution in [0.3, 0.4) is 0 Å². The van der Waals surface area contributed by atoms with Gasteiger partial charge in [-0.2, -0.15) is 0 Å². The maximum absolute atomic E-state index is 14.6. The molecular weight excluding hydrogens is 1120 g/mol. The molecule has 23 nitrogen and oxygen atoms in total. The first-order valence-corrected chi connectivity index (χ1v) is 33.1. The van der Waals surface area contributed by atoms with Gasteiger partial charge in [0.05, 0.1) is 36.1 Å². The van der Waals surface area contributed by atoms with Crippen LogP contribution in [-0.4, -0.2) is 131 Å². The fourth-order valence-corrected chi connectivity index (χ4v) is 11.3. The zero-order chi connectivity index (χ0) is 66.5. The Morgan fingerprint density at radius 3 is 1.45 bits per heavy atom. The van der Waals surface area contributed by atoms with Crippen LogP contribution in [-0.2, 0) is 52.7 Å². The fourth-order valence-electron chi connectivity index (χ4n) is 11.3. The van der Waals surface area contributed by atoms with Crippen molar-refractivity contribution in [1.29, 1.82) is 0 Å². The highest BCUT2D eigenvalue weighted by Crippen LogP contribution is 2.29. The van der Waals surface area contributed by atoms with Crippen molar-refractivity contribution in [3.63, 3.8) is 0 Å². The van der Waals surface area contributed by atoms with Gasteiger partial charge >= 0.3 is 0 Å². The van der Waals surface area contributed by atoms with Crippen molar-refractivity contribution >= 4 is 76.3 Å². The Bertz CT molecular complexity index is 2280. The molecule has 0 aliphatic carbocycles. The van der Waals surface area contributed by atoms with Gasteiger partial charge in [0.25, 0.3) is 0 Å². The van der Waals surface area contributed by atoms with Gasteiger partial charge < -0.3 is 54.8 Å². The summed E-state index contributed by atoms with van der Waals surface area (Å²) in [5.41, 5.74) is 27.6. The quantitative estimate of drug-likeness (QED) is 0.0190. The highest BCUT2D eigenvalue weighted by atomic mass is 16.2. The summed E-state index contributed by atoms with van der Waals surface area (Å²) in [4.78, 5) is 160. The molecule has 0 aromatic heterocycles. The van der Waals surface area contributed by atoms with Gasteiger partial charge in [-0.3, -0.25) is 62.7 Å². The van der Waals surface area contributed by atoms with E-state index >= 15 is 0 Å². The summed E-state index contributed by atoms with van der Waals surface area (Å²) < 4.78 is 0. The van der Waals surface area contributed by atoms with Crippen LogP contribution in [0.5, 0.6) is 0 Å². The Morgan fingerprint density at radius 2 is 0.977 bits per heavy atom.